The molecular weight excluding hydrogens is 228 g/mol. The van der Waals surface area contributed by atoms with Crippen molar-refractivity contribution in [2.75, 3.05) is 13.7 Å². The van der Waals surface area contributed by atoms with E-state index < -0.39 is 5.60 Å². The zero-order valence-electron chi connectivity index (χ0n) is 11.4. The van der Waals surface area contributed by atoms with E-state index >= 15 is 0 Å². The van der Waals surface area contributed by atoms with E-state index in [2.05, 4.69) is 12.1 Å². The van der Waals surface area contributed by atoms with Crippen LogP contribution in [0.3, 0.4) is 0 Å². The number of aliphatic hydroxyl groups is 1. The van der Waals surface area contributed by atoms with E-state index in [1.807, 2.05) is 19.9 Å². The molecule has 18 heavy (non-hydrogen) atoms. The molecule has 0 saturated heterocycles. The van der Waals surface area contributed by atoms with Crippen molar-refractivity contribution in [2.45, 2.75) is 44.8 Å². The van der Waals surface area contributed by atoms with Gasteiger partial charge in [-0.3, -0.25) is 0 Å². The SMILES string of the molecule is COC(C)C(C)(O)CCc1ccc2c(c1)CCO2. The summed E-state index contributed by atoms with van der Waals surface area (Å²) in [6.07, 6.45) is 2.39. The molecule has 0 aromatic heterocycles. The standard InChI is InChI=1S/C15H22O3/c1-11(17-3)15(2,16)8-6-12-4-5-14-13(10-12)7-9-18-14/h4-5,10-11,16H,6-9H2,1-3H3. The zero-order valence-corrected chi connectivity index (χ0v) is 11.4. The van der Waals surface area contributed by atoms with Crippen molar-refractivity contribution in [3.8, 4) is 5.75 Å². The molecule has 1 N–H and O–H groups in total. The van der Waals surface area contributed by atoms with E-state index in [1.165, 1.54) is 11.1 Å². The average Bonchev–Trinajstić information content (AvgIpc) is 2.82. The molecule has 2 atom stereocenters. The molecule has 2 rings (SSSR count). The van der Waals surface area contributed by atoms with Crippen molar-refractivity contribution in [1.82, 2.24) is 0 Å². The molecule has 1 aliphatic heterocycles. The van der Waals surface area contributed by atoms with Crippen LogP contribution in [0.25, 0.3) is 0 Å². The summed E-state index contributed by atoms with van der Waals surface area (Å²) < 4.78 is 10.7. The first-order valence-corrected chi connectivity index (χ1v) is 6.53. The molecule has 2 unspecified atom stereocenters. The van der Waals surface area contributed by atoms with E-state index in [0.29, 0.717) is 6.42 Å². The fraction of sp³-hybridized carbons (Fsp3) is 0.600. The third kappa shape index (κ3) is 2.85. The van der Waals surface area contributed by atoms with Crippen LogP contribution in [0.15, 0.2) is 18.2 Å². The summed E-state index contributed by atoms with van der Waals surface area (Å²) in [7, 11) is 1.63. The smallest absolute Gasteiger partial charge is 0.122 e. The maximum atomic E-state index is 10.3. The van der Waals surface area contributed by atoms with Gasteiger partial charge in [0, 0.05) is 13.5 Å². The Balaban J connectivity index is 1.98. The highest BCUT2D eigenvalue weighted by atomic mass is 16.5. The third-order valence-corrected chi connectivity index (χ3v) is 3.90. The van der Waals surface area contributed by atoms with Crippen LogP contribution in [0.1, 0.15) is 31.4 Å². The molecule has 0 aliphatic carbocycles. The molecule has 1 aliphatic rings. The monoisotopic (exact) mass is 250 g/mol. The van der Waals surface area contributed by atoms with Gasteiger partial charge in [-0.1, -0.05) is 12.1 Å². The highest BCUT2D eigenvalue weighted by molar-refractivity contribution is 5.39. The molecule has 3 heteroatoms. The highest BCUT2D eigenvalue weighted by Gasteiger charge is 2.28. The topological polar surface area (TPSA) is 38.7 Å². The molecular formula is C15H22O3. The largest absolute Gasteiger partial charge is 0.493 e. The number of benzene rings is 1. The van der Waals surface area contributed by atoms with Crippen LogP contribution < -0.4 is 4.74 Å². The first kappa shape index (κ1) is 13.4. The molecule has 3 nitrogen and oxygen atoms in total. The Kier molecular flexibility index (Phi) is 3.93. The van der Waals surface area contributed by atoms with Gasteiger partial charge in [0.05, 0.1) is 18.3 Å². The number of rotatable bonds is 5. The van der Waals surface area contributed by atoms with E-state index in [4.69, 9.17) is 9.47 Å². The van der Waals surface area contributed by atoms with Crippen molar-refractivity contribution in [3.63, 3.8) is 0 Å². The van der Waals surface area contributed by atoms with Gasteiger partial charge in [0.1, 0.15) is 5.75 Å². The van der Waals surface area contributed by atoms with Gasteiger partial charge in [-0.2, -0.15) is 0 Å². The van der Waals surface area contributed by atoms with E-state index in [-0.39, 0.29) is 6.10 Å². The predicted octanol–water partition coefficient (Wildman–Crippen LogP) is 2.34. The maximum Gasteiger partial charge on any atom is 0.122 e. The second-order valence-electron chi connectivity index (χ2n) is 5.28. The second-order valence-corrected chi connectivity index (χ2v) is 5.28. The normalized spacial score (nSPS) is 18.9. The predicted molar refractivity (Wildman–Crippen MR) is 71.1 cm³/mol. The lowest BCUT2D eigenvalue weighted by Gasteiger charge is -2.29. The molecule has 0 spiro atoms. The number of hydrogen-bond acceptors (Lipinski definition) is 3. The number of aryl methyl sites for hydroxylation is 1. The van der Waals surface area contributed by atoms with E-state index in [1.54, 1.807) is 7.11 Å². The number of ether oxygens (including phenoxy) is 2. The second kappa shape index (κ2) is 5.29. The lowest BCUT2D eigenvalue weighted by molar-refractivity contribution is -0.0766. The van der Waals surface area contributed by atoms with Crippen LogP contribution in [-0.2, 0) is 17.6 Å². The number of fused-ring (bicyclic) bond motifs is 1. The van der Waals surface area contributed by atoms with Gasteiger partial charge in [-0.25, -0.2) is 0 Å². The van der Waals surface area contributed by atoms with Crippen LogP contribution in [0, 0.1) is 0 Å². The molecule has 0 saturated carbocycles. The van der Waals surface area contributed by atoms with Gasteiger partial charge in [0.2, 0.25) is 0 Å². The van der Waals surface area contributed by atoms with Crippen molar-refractivity contribution < 1.29 is 14.6 Å². The fourth-order valence-electron chi connectivity index (χ4n) is 2.25. The summed E-state index contributed by atoms with van der Waals surface area (Å²) in [5, 5.41) is 10.3. The average molecular weight is 250 g/mol. The van der Waals surface area contributed by atoms with Crippen molar-refractivity contribution in [2.24, 2.45) is 0 Å². The summed E-state index contributed by atoms with van der Waals surface area (Å²) in [6, 6.07) is 6.31. The minimum absolute atomic E-state index is 0.157. The lowest BCUT2D eigenvalue weighted by atomic mass is 9.91. The molecule has 1 aromatic rings. The van der Waals surface area contributed by atoms with E-state index in [9.17, 15) is 5.11 Å². The van der Waals surface area contributed by atoms with Gasteiger partial charge < -0.3 is 14.6 Å². The summed E-state index contributed by atoms with van der Waals surface area (Å²) >= 11 is 0. The minimum atomic E-state index is -0.787. The zero-order chi connectivity index (χ0) is 13.2. The van der Waals surface area contributed by atoms with Gasteiger partial charge in [0.25, 0.3) is 0 Å². The summed E-state index contributed by atoms with van der Waals surface area (Å²) in [6.45, 7) is 4.52. The molecule has 1 aromatic carbocycles. The first-order valence-electron chi connectivity index (χ1n) is 6.53. The Morgan fingerprint density at radius 1 is 1.50 bits per heavy atom. The van der Waals surface area contributed by atoms with Gasteiger partial charge in [0.15, 0.2) is 0 Å². The maximum absolute atomic E-state index is 10.3. The number of hydrogen-bond donors (Lipinski definition) is 1. The first-order chi connectivity index (χ1) is 8.53. The molecule has 0 radical (unpaired) electrons. The van der Waals surface area contributed by atoms with Crippen LogP contribution in [0.5, 0.6) is 5.75 Å². The van der Waals surface area contributed by atoms with E-state index in [0.717, 1.165) is 25.2 Å². The van der Waals surface area contributed by atoms with Gasteiger partial charge >= 0.3 is 0 Å². The number of methoxy groups -OCH3 is 1. The Bertz CT molecular complexity index is 412. The molecule has 100 valence electrons. The van der Waals surface area contributed by atoms with Crippen molar-refractivity contribution in [1.29, 1.82) is 0 Å². The summed E-state index contributed by atoms with van der Waals surface area (Å²) in [5.41, 5.74) is 1.75. The third-order valence-electron chi connectivity index (χ3n) is 3.90. The van der Waals surface area contributed by atoms with Gasteiger partial charge in [-0.05, 0) is 43.9 Å². The fourth-order valence-corrected chi connectivity index (χ4v) is 2.25. The molecule has 0 amide bonds. The van der Waals surface area contributed by atoms with Crippen LogP contribution >= 0.6 is 0 Å². The van der Waals surface area contributed by atoms with Crippen LogP contribution in [0.2, 0.25) is 0 Å². The summed E-state index contributed by atoms with van der Waals surface area (Å²) in [5.74, 6) is 1.01. The quantitative estimate of drug-likeness (QED) is 0.871. The molecule has 1 heterocycles. The Hall–Kier alpha value is -1.06. The molecule has 0 fully saturated rings. The minimum Gasteiger partial charge on any atom is -0.493 e. The Morgan fingerprint density at radius 2 is 2.28 bits per heavy atom. The Labute approximate surface area is 109 Å². The van der Waals surface area contributed by atoms with Crippen molar-refractivity contribution >= 4 is 0 Å². The van der Waals surface area contributed by atoms with Crippen LogP contribution in [0.4, 0.5) is 0 Å². The lowest BCUT2D eigenvalue weighted by Crippen LogP contribution is -2.38. The summed E-state index contributed by atoms with van der Waals surface area (Å²) in [4.78, 5) is 0. The van der Waals surface area contributed by atoms with Crippen LogP contribution in [-0.4, -0.2) is 30.5 Å². The van der Waals surface area contributed by atoms with Crippen molar-refractivity contribution in [3.05, 3.63) is 29.3 Å². The Morgan fingerprint density at radius 3 is 3.00 bits per heavy atom. The van der Waals surface area contributed by atoms with Gasteiger partial charge in [-0.15, -0.1) is 0 Å². The molecule has 0 bridgehead atoms. The highest BCUT2D eigenvalue weighted by Crippen LogP contribution is 2.27.